The molecule has 2 aliphatic heterocycles. The zero-order chi connectivity index (χ0) is 27.4. The Kier molecular flexibility index (Phi) is 8.82. The van der Waals surface area contributed by atoms with Gasteiger partial charge in [0.05, 0.1) is 0 Å². The van der Waals surface area contributed by atoms with Crippen molar-refractivity contribution in [3.63, 3.8) is 0 Å². The molecule has 0 spiro atoms. The van der Waals surface area contributed by atoms with Crippen molar-refractivity contribution in [2.24, 2.45) is 23.0 Å². The fourth-order valence-corrected chi connectivity index (χ4v) is 5.92. The van der Waals surface area contributed by atoms with Crippen molar-refractivity contribution in [2.75, 3.05) is 33.0 Å². The number of carbonyl (C=O) groups excluding carboxylic acids is 3. The molecule has 1 saturated heterocycles. The van der Waals surface area contributed by atoms with Gasteiger partial charge < -0.3 is 20.1 Å². The first-order chi connectivity index (χ1) is 18.0. The van der Waals surface area contributed by atoms with Gasteiger partial charge in [-0.25, -0.2) is 5.06 Å². The Labute approximate surface area is 225 Å². The molecule has 3 aliphatic rings. The van der Waals surface area contributed by atoms with E-state index in [2.05, 4.69) is 4.90 Å². The summed E-state index contributed by atoms with van der Waals surface area (Å²) in [7, 11) is 0. The molecule has 10 nitrogen and oxygen atoms in total. The molecular formula is C28H42N4O6. The molecule has 3 N–H and O–H groups in total. The summed E-state index contributed by atoms with van der Waals surface area (Å²) in [5.41, 5.74) is 5.85. The standard InChI is InChI=1S/C28H42N4O6/c1-28(2,3)25(32(36)26(34)21(16-24(29)33)14-19-6-4-5-7-19)27(35)31-12-10-30(11-13-31)17-20-8-9-22-23(15-20)38-18-37-22/h8-9,15,19,21,25,36H,4-7,10-14,16-18H2,1-3H3,(H2,29,33)/t21-,25-/m1/s1. The van der Waals surface area contributed by atoms with Crippen molar-refractivity contribution in [1.29, 1.82) is 0 Å². The number of primary amides is 1. The van der Waals surface area contributed by atoms with E-state index in [1.807, 2.05) is 39.0 Å². The molecule has 38 heavy (non-hydrogen) atoms. The van der Waals surface area contributed by atoms with Crippen molar-refractivity contribution in [2.45, 2.75) is 71.9 Å². The molecule has 4 rings (SSSR count). The van der Waals surface area contributed by atoms with E-state index < -0.39 is 29.2 Å². The second-order valence-corrected chi connectivity index (χ2v) is 12.0. The quantitative estimate of drug-likeness (QED) is 0.371. The molecule has 0 aromatic heterocycles. The lowest BCUT2D eigenvalue weighted by Crippen LogP contribution is -2.59. The minimum absolute atomic E-state index is 0.129. The third kappa shape index (κ3) is 6.77. The van der Waals surface area contributed by atoms with Gasteiger partial charge in [0.1, 0.15) is 6.04 Å². The summed E-state index contributed by atoms with van der Waals surface area (Å²) in [6, 6.07) is 4.86. The third-order valence-electron chi connectivity index (χ3n) is 7.94. The maximum atomic E-state index is 13.7. The maximum Gasteiger partial charge on any atom is 0.250 e. The molecule has 0 radical (unpaired) electrons. The number of carbonyl (C=O) groups is 3. The smallest absolute Gasteiger partial charge is 0.250 e. The van der Waals surface area contributed by atoms with Gasteiger partial charge in [-0.3, -0.25) is 24.5 Å². The highest BCUT2D eigenvalue weighted by molar-refractivity contribution is 5.90. The topological polar surface area (TPSA) is 126 Å². The van der Waals surface area contributed by atoms with E-state index in [0.29, 0.717) is 43.6 Å². The summed E-state index contributed by atoms with van der Waals surface area (Å²) in [5, 5.41) is 11.7. The number of hydroxylamine groups is 2. The van der Waals surface area contributed by atoms with Crippen LogP contribution >= 0.6 is 0 Å². The highest BCUT2D eigenvalue weighted by atomic mass is 16.7. The molecule has 2 atom stereocenters. The lowest BCUT2D eigenvalue weighted by atomic mass is 9.83. The highest BCUT2D eigenvalue weighted by Gasteiger charge is 2.44. The van der Waals surface area contributed by atoms with Crippen molar-refractivity contribution in [1.82, 2.24) is 14.9 Å². The molecule has 1 aliphatic carbocycles. The number of amides is 3. The highest BCUT2D eigenvalue weighted by Crippen LogP contribution is 2.35. The van der Waals surface area contributed by atoms with Crippen LogP contribution in [-0.4, -0.2) is 76.8 Å². The van der Waals surface area contributed by atoms with Crippen LogP contribution in [0.1, 0.15) is 64.9 Å². The number of ether oxygens (including phenoxy) is 2. The monoisotopic (exact) mass is 530 g/mol. The zero-order valence-corrected chi connectivity index (χ0v) is 22.9. The summed E-state index contributed by atoms with van der Waals surface area (Å²) < 4.78 is 10.9. The maximum absolute atomic E-state index is 13.7. The van der Waals surface area contributed by atoms with Crippen LogP contribution in [0, 0.1) is 17.3 Å². The molecule has 10 heteroatoms. The van der Waals surface area contributed by atoms with Gasteiger partial charge in [0, 0.05) is 45.1 Å². The lowest BCUT2D eigenvalue weighted by Gasteiger charge is -2.42. The van der Waals surface area contributed by atoms with Crippen LogP contribution in [0.5, 0.6) is 11.5 Å². The van der Waals surface area contributed by atoms with Crippen LogP contribution < -0.4 is 15.2 Å². The van der Waals surface area contributed by atoms with Crippen LogP contribution in [0.15, 0.2) is 18.2 Å². The normalized spacial score (nSPS) is 19.8. The number of hydrogen-bond acceptors (Lipinski definition) is 7. The predicted octanol–water partition coefficient (Wildman–Crippen LogP) is 2.76. The van der Waals surface area contributed by atoms with Gasteiger partial charge >= 0.3 is 0 Å². The second-order valence-electron chi connectivity index (χ2n) is 12.0. The van der Waals surface area contributed by atoms with Crippen LogP contribution in [0.3, 0.4) is 0 Å². The molecule has 2 fully saturated rings. The molecular weight excluding hydrogens is 488 g/mol. The molecule has 2 heterocycles. The summed E-state index contributed by atoms with van der Waals surface area (Å²) in [4.78, 5) is 42.9. The fourth-order valence-electron chi connectivity index (χ4n) is 5.92. The average molecular weight is 531 g/mol. The van der Waals surface area contributed by atoms with Gasteiger partial charge in [0.15, 0.2) is 11.5 Å². The van der Waals surface area contributed by atoms with Gasteiger partial charge in [-0.15, -0.1) is 0 Å². The minimum Gasteiger partial charge on any atom is -0.454 e. The number of hydrogen-bond donors (Lipinski definition) is 2. The van der Waals surface area contributed by atoms with Gasteiger partial charge in [0.25, 0.3) is 0 Å². The summed E-state index contributed by atoms with van der Waals surface area (Å²) in [5.74, 6) is -0.344. The largest absolute Gasteiger partial charge is 0.454 e. The van der Waals surface area contributed by atoms with E-state index in [1.165, 1.54) is 0 Å². The second kappa shape index (κ2) is 11.9. The van der Waals surface area contributed by atoms with Gasteiger partial charge in [-0.05, 0) is 35.4 Å². The van der Waals surface area contributed by atoms with Gasteiger partial charge in [-0.1, -0.05) is 52.5 Å². The Balaban J connectivity index is 1.39. The molecule has 3 amide bonds. The molecule has 1 aromatic rings. The van der Waals surface area contributed by atoms with E-state index in [0.717, 1.165) is 49.3 Å². The van der Waals surface area contributed by atoms with E-state index in [1.54, 1.807) is 4.90 Å². The summed E-state index contributed by atoms with van der Waals surface area (Å²) in [6.45, 7) is 8.79. The summed E-state index contributed by atoms with van der Waals surface area (Å²) >= 11 is 0. The Morgan fingerprint density at radius 3 is 2.37 bits per heavy atom. The van der Waals surface area contributed by atoms with Crippen molar-refractivity contribution in [3.05, 3.63) is 23.8 Å². The van der Waals surface area contributed by atoms with Crippen molar-refractivity contribution in [3.8, 4) is 11.5 Å². The van der Waals surface area contributed by atoms with Crippen molar-refractivity contribution < 1.29 is 29.1 Å². The Hall–Kier alpha value is -2.85. The van der Waals surface area contributed by atoms with Crippen LogP contribution in [0.2, 0.25) is 0 Å². The van der Waals surface area contributed by atoms with Crippen LogP contribution in [-0.2, 0) is 20.9 Å². The average Bonchev–Trinajstić information content (AvgIpc) is 3.54. The Bertz CT molecular complexity index is 1010. The fraction of sp³-hybridized carbons (Fsp3) is 0.679. The van der Waals surface area contributed by atoms with E-state index in [-0.39, 0.29) is 19.1 Å². The SMILES string of the molecule is CC(C)(C)[C@@H](C(=O)N1CCN(Cc2ccc3c(c2)OCO3)CC1)N(O)C(=O)[C@@H](CC(N)=O)CC1CCCC1. The predicted molar refractivity (Wildman–Crippen MR) is 140 cm³/mol. The number of piperazine rings is 1. The zero-order valence-electron chi connectivity index (χ0n) is 22.9. The van der Waals surface area contributed by atoms with Crippen molar-refractivity contribution >= 4 is 17.7 Å². The number of nitrogens with zero attached hydrogens (tertiary/aromatic N) is 3. The van der Waals surface area contributed by atoms with Gasteiger partial charge in [-0.2, -0.15) is 0 Å². The molecule has 1 aromatic carbocycles. The number of nitrogens with two attached hydrogens (primary N) is 1. The van der Waals surface area contributed by atoms with Gasteiger partial charge in [0.2, 0.25) is 24.5 Å². The first-order valence-corrected chi connectivity index (χ1v) is 13.7. The van der Waals surface area contributed by atoms with Crippen LogP contribution in [0.25, 0.3) is 0 Å². The minimum atomic E-state index is -1.06. The van der Waals surface area contributed by atoms with E-state index in [4.69, 9.17) is 15.2 Å². The summed E-state index contributed by atoms with van der Waals surface area (Å²) in [6.07, 6.45) is 4.60. The first-order valence-electron chi connectivity index (χ1n) is 13.7. The third-order valence-corrected chi connectivity index (χ3v) is 7.94. The number of fused-ring (bicyclic) bond motifs is 1. The first kappa shape index (κ1) is 28.2. The van der Waals surface area contributed by atoms with E-state index >= 15 is 0 Å². The molecule has 0 unspecified atom stereocenters. The molecule has 210 valence electrons. The number of benzene rings is 1. The number of rotatable bonds is 9. The molecule has 0 bridgehead atoms. The Morgan fingerprint density at radius 2 is 1.74 bits per heavy atom. The molecule has 1 saturated carbocycles. The lowest BCUT2D eigenvalue weighted by molar-refractivity contribution is -0.197. The van der Waals surface area contributed by atoms with E-state index in [9.17, 15) is 19.6 Å². The van der Waals surface area contributed by atoms with Crippen LogP contribution in [0.4, 0.5) is 0 Å². The Morgan fingerprint density at radius 1 is 1.08 bits per heavy atom.